The molecule has 1 aliphatic carbocycles. The Labute approximate surface area is 248 Å². The number of rotatable bonds is 9. The van der Waals surface area contributed by atoms with Crippen LogP contribution in [0.4, 0.5) is 5.95 Å². The van der Waals surface area contributed by atoms with Crippen LogP contribution < -0.4 is 5.32 Å². The van der Waals surface area contributed by atoms with Crippen molar-refractivity contribution in [1.29, 1.82) is 0 Å². The molecule has 0 amide bonds. The van der Waals surface area contributed by atoms with Gasteiger partial charge in [0.05, 0.1) is 35.6 Å². The molecule has 0 unspecified atom stereocenters. The number of piperidine rings is 1. The van der Waals surface area contributed by atoms with Crippen LogP contribution in [0.15, 0.2) is 35.4 Å². The van der Waals surface area contributed by atoms with Crippen LogP contribution in [0.3, 0.4) is 0 Å². The number of ether oxygens (including phenoxy) is 1. The lowest BCUT2D eigenvalue weighted by molar-refractivity contribution is 0.00610. The molecule has 2 aliphatic heterocycles. The molecule has 42 heavy (non-hydrogen) atoms. The first kappa shape index (κ1) is 29.4. The largest absolute Gasteiger partial charge is 0.393 e. The van der Waals surface area contributed by atoms with Gasteiger partial charge in [0.2, 0.25) is 16.0 Å². The van der Waals surface area contributed by atoms with Crippen LogP contribution >= 0.6 is 0 Å². The predicted molar refractivity (Wildman–Crippen MR) is 162 cm³/mol. The van der Waals surface area contributed by atoms with Crippen molar-refractivity contribution in [3.63, 3.8) is 0 Å². The van der Waals surface area contributed by atoms with Crippen LogP contribution in [-0.4, -0.2) is 101 Å². The molecule has 3 aliphatic rings. The Morgan fingerprint density at radius 3 is 2.38 bits per heavy atom. The molecule has 6 rings (SSSR count). The molecule has 1 aromatic carbocycles. The van der Waals surface area contributed by atoms with Gasteiger partial charge in [0.1, 0.15) is 5.69 Å². The number of unbranched alkanes of at least 4 members (excludes halogenated alkanes) is 1. The van der Waals surface area contributed by atoms with Gasteiger partial charge in [0, 0.05) is 50.5 Å². The zero-order chi connectivity index (χ0) is 29.1. The molecule has 228 valence electrons. The fourth-order valence-corrected chi connectivity index (χ4v) is 7.95. The maximum atomic E-state index is 13.5. The van der Waals surface area contributed by atoms with E-state index in [9.17, 15) is 13.5 Å². The Balaban J connectivity index is 1.23. The summed E-state index contributed by atoms with van der Waals surface area (Å²) in [4.78, 5) is 12.2. The minimum atomic E-state index is -3.58. The lowest BCUT2D eigenvalue weighted by atomic mass is 9.93. The number of nitrogens with one attached hydrogen (secondary N) is 1. The lowest BCUT2D eigenvalue weighted by Crippen LogP contribution is -2.50. The van der Waals surface area contributed by atoms with E-state index in [-0.39, 0.29) is 12.1 Å². The number of sulfonamides is 1. The van der Waals surface area contributed by atoms with Crippen molar-refractivity contribution in [3.05, 3.63) is 30.5 Å². The fraction of sp³-hybridized carbons (Fsp3) is 0.633. The zero-order valence-electron chi connectivity index (χ0n) is 24.5. The first-order valence-electron chi connectivity index (χ1n) is 15.5. The highest BCUT2D eigenvalue weighted by molar-refractivity contribution is 7.89. The Hall–Kier alpha value is -2.64. The van der Waals surface area contributed by atoms with E-state index in [1.807, 2.05) is 23.0 Å². The van der Waals surface area contributed by atoms with Crippen molar-refractivity contribution in [1.82, 2.24) is 29.0 Å². The number of aliphatic hydroxyl groups is 1. The summed E-state index contributed by atoms with van der Waals surface area (Å²) >= 11 is 0. The van der Waals surface area contributed by atoms with Gasteiger partial charge in [-0.1, -0.05) is 25.5 Å². The van der Waals surface area contributed by atoms with E-state index in [0.29, 0.717) is 30.0 Å². The van der Waals surface area contributed by atoms with Gasteiger partial charge in [-0.15, -0.1) is 0 Å². The van der Waals surface area contributed by atoms with E-state index in [1.54, 1.807) is 16.4 Å². The number of benzene rings is 1. The number of aliphatic hydroxyl groups excluding tert-OH is 1. The first-order valence-corrected chi connectivity index (χ1v) is 17.0. The minimum Gasteiger partial charge on any atom is -0.393 e. The average molecular weight is 598 g/mol. The fourth-order valence-electron chi connectivity index (χ4n) is 6.48. The summed E-state index contributed by atoms with van der Waals surface area (Å²) in [5.74, 6) is 0.582. The van der Waals surface area contributed by atoms with Gasteiger partial charge in [-0.05, 0) is 57.1 Å². The Morgan fingerprint density at radius 2 is 1.69 bits per heavy atom. The monoisotopic (exact) mass is 597 g/mol. The molecule has 2 N–H and O–H groups in total. The van der Waals surface area contributed by atoms with Crippen LogP contribution in [0.5, 0.6) is 0 Å². The highest BCUT2D eigenvalue weighted by Crippen LogP contribution is 2.35. The summed E-state index contributed by atoms with van der Waals surface area (Å²) in [6.07, 6.45) is 8.50. The highest BCUT2D eigenvalue weighted by atomic mass is 32.2. The van der Waals surface area contributed by atoms with Crippen molar-refractivity contribution in [3.8, 4) is 11.3 Å². The number of nitrogens with zero attached hydrogens (tertiary/aromatic N) is 6. The number of morpholine rings is 1. The SMILES string of the molecule is CCCCNc1ncc2c(-c3ccc(S(=O)(=O)N4CCC(N5CCOCC5)CC4)cc3)nn(C3CCC(O)CC3)c2n1. The second-order valence-corrected chi connectivity index (χ2v) is 13.7. The molecule has 0 atom stereocenters. The molecule has 2 saturated heterocycles. The molecule has 0 spiro atoms. The van der Waals surface area contributed by atoms with Gasteiger partial charge >= 0.3 is 0 Å². The predicted octanol–water partition coefficient (Wildman–Crippen LogP) is 3.67. The minimum absolute atomic E-state index is 0.142. The van der Waals surface area contributed by atoms with Gasteiger partial charge < -0.3 is 15.2 Å². The van der Waals surface area contributed by atoms with Gasteiger partial charge in [-0.2, -0.15) is 14.4 Å². The molecular formula is C30H43N7O4S. The van der Waals surface area contributed by atoms with E-state index >= 15 is 0 Å². The van der Waals surface area contributed by atoms with Crippen LogP contribution in [0.25, 0.3) is 22.3 Å². The summed E-state index contributed by atoms with van der Waals surface area (Å²) in [5.41, 5.74) is 2.33. The molecule has 0 bridgehead atoms. The van der Waals surface area contributed by atoms with E-state index < -0.39 is 10.0 Å². The second-order valence-electron chi connectivity index (χ2n) is 11.8. The summed E-state index contributed by atoms with van der Waals surface area (Å²) in [7, 11) is -3.58. The third-order valence-electron chi connectivity index (χ3n) is 9.03. The second kappa shape index (κ2) is 12.9. The summed E-state index contributed by atoms with van der Waals surface area (Å²) in [6, 6.07) is 7.64. The summed E-state index contributed by atoms with van der Waals surface area (Å²) < 4.78 is 36.2. The van der Waals surface area contributed by atoms with E-state index in [4.69, 9.17) is 14.8 Å². The Kier molecular flexibility index (Phi) is 9.06. The highest BCUT2D eigenvalue weighted by Gasteiger charge is 2.32. The van der Waals surface area contributed by atoms with Crippen molar-refractivity contribution < 1.29 is 18.3 Å². The molecule has 2 aromatic heterocycles. The van der Waals surface area contributed by atoms with Gasteiger partial charge in [-0.25, -0.2) is 18.1 Å². The van der Waals surface area contributed by atoms with Crippen LogP contribution in [-0.2, 0) is 14.8 Å². The summed E-state index contributed by atoms with van der Waals surface area (Å²) in [5, 5.41) is 19.2. The van der Waals surface area contributed by atoms with Crippen LogP contribution in [0, 0.1) is 0 Å². The van der Waals surface area contributed by atoms with Crippen molar-refractivity contribution >= 4 is 27.0 Å². The van der Waals surface area contributed by atoms with Crippen molar-refractivity contribution in [2.45, 2.75) is 81.4 Å². The smallest absolute Gasteiger partial charge is 0.243 e. The third kappa shape index (κ3) is 6.19. The Morgan fingerprint density at radius 1 is 0.976 bits per heavy atom. The summed E-state index contributed by atoms with van der Waals surface area (Å²) in [6.45, 7) is 7.37. The van der Waals surface area contributed by atoms with Gasteiger partial charge in [0.15, 0.2) is 5.65 Å². The molecule has 1 saturated carbocycles. The zero-order valence-corrected chi connectivity index (χ0v) is 25.3. The molecular weight excluding hydrogens is 554 g/mol. The normalized spacial score (nSPS) is 23.4. The average Bonchev–Trinajstić information content (AvgIpc) is 3.41. The van der Waals surface area contributed by atoms with Crippen LogP contribution in [0.1, 0.15) is 64.3 Å². The van der Waals surface area contributed by atoms with E-state index in [1.165, 1.54) is 0 Å². The van der Waals surface area contributed by atoms with Crippen LogP contribution in [0.2, 0.25) is 0 Å². The number of anilines is 1. The third-order valence-corrected chi connectivity index (χ3v) is 10.9. The molecule has 12 heteroatoms. The molecule has 0 radical (unpaired) electrons. The molecule has 11 nitrogen and oxygen atoms in total. The van der Waals surface area contributed by atoms with E-state index in [0.717, 1.165) is 107 Å². The Bertz CT molecular complexity index is 1440. The topological polar surface area (TPSA) is 126 Å². The molecule has 3 aromatic rings. The maximum Gasteiger partial charge on any atom is 0.243 e. The van der Waals surface area contributed by atoms with E-state index in [2.05, 4.69) is 22.1 Å². The van der Waals surface area contributed by atoms with Crippen molar-refractivity contribution in [2.24, 2.45) is 0 Å². The number of aromatic nitrogens is 4. The number of hydrogen-bond acceptors (Lipinski definition) is 9. The number of hydrogen-bond donors (Lipinski definition) is 2. The van der Waals surface area contributed by atoms with Crippen molar-refractivity contribution in [2.75, 3.05) is 51.3 Å². The first-order chi connectivity index (χ1) is 20.4. The standard InChI is InChI=1S/C30H43N7O4S/c1-2-3-14-31-30-32-21-27-28(34-37(29(27)33-30)24-6-8-25(38)9-7-24)22-4-10-26(11-5-22)42(39,40)36-15-12-23(13-16-36)35-17-19-41-20-18-35/h4-5,10-11,21,23-25,38H,2-3,6-9,12-20H2,1H3,(H,31,32,33). The molecule has 4 heterocycles. The maximum absolute atomic E-state index is 13.5. The van der Waals surface area contributed by atoms with Gasteiger partial charge in [0.25, 0.3) is 0 Å². The lowest BCUT2D eigenvalue weighted by Gasteiger charge is -2.39. The quantitative estimate of drug-likeness (QED) is 0.356. The van der Waals surface area contributed by atoms with Gasteiger partial charge in [-0.3, -0.25) is 4.90 Å². The number of fused-ring (bicyclic) bond motifs is 1. The molecule has 3 fully saturated rings.